The number of pyridine rings is 1. The van der Waals surface area contributed by atoms with Crippen LogP contribution in [0.1, 0.15) is 49.4 Å². The number of aliphatic carboxylic acids is 1. The Bertz CT molecular complexity index is 1290. The van der Waals surface area contributed by atoms with E-state index in [-0.39, 0.29) is 23.2 Å². The largest absolute Gasteiger partial charge is 0.497 e. The maximum absolute atomic E-state index is 15.6. The average molecular weight is 579 g/mol. The number of hydrogen-bond acceptors (Lipinski definition) is 5. The summed E-state index contributed by atoms with van der Waals surface area (Å²) in [7, 11) is 1.56. The Morgan fingerprint density at radius 2 is 1.98 bits per heavy atom. The summed E-state index contributed by atoms with van der Waals surface area (Å²) in [5.74, 6) is 0.522. The lowest BCUT2D eigenvalue weighted by Gasteiger charge is -2.39. The van der Waals surface area contributed by atoms with Crippen LogP contribution in [-0.4, -0.2) is 53.5 Å². The van der Waals surface area contributed by atoms with Crippen molar-refractivity contribution in [3.63, 3.8) is 0 Å². The zero-order chi connectivity index (χ0) is 28.7. The third-order valence-corrected chi connectivity index (χ3v) is 8.73. The van der Waals surface area contributed by atoms with Crippen molar-refractivity contribution in [3.05, 3.63) is 65.9 Å². The Kier molecular flexibility index (Phi) is 10.3. The molecule has 40 heavy (non-hydrogen) atoms. The van der Waals surface area contributed by atoms with Crippen molar-refractivity contribution in [3.8, 4) is 5.75 Å². The molecule has 3 aromatic rings. The van der Waals surface area contributed by atoms with Crippen LogP contribution in [0.25, 0.3) is 10.9 Å². The number of carbonyl (C=O) groups is 1. The summed E-state index contributed by atoms with van der Waals surface area (Å²) in [5.41, 5.74) is 0.642. The van der Waals surface area contributed by atoms with E-state index in [2.05, 4.69) is 9.88 Å². The SMILES string of the molecule is COc1ccc2nccc([C@@H](F)CCC3CCN(CCSc4ccccc4C(F)(F)F)CC3CCC(=O)O)c2c1. The maximum Gasteiger partial charge on any atom is 0.417 e. The predicted octanol–water partition coefficient (Wildman–Crippen LogP) is 7.65. The highest BCUT2D eigenvalue weighted by Gasteiger charge is 2.33. The van der Waals surface area contributed by atoms with Crippen molar-refractivity contribution in [2.24, 2.45) is 11.8 Å². The van der Waals surface area contributed by atoms with Gasteiger partial charge in [-0.25, -0.2) is 4.39 Å². The maximum atomic E-state index is 15.6. The molecular formula is C30H34F4N2O3S. The van der Waals surface area contributed by atoms with Crippen LogP contribution in [0.15, 0.2) is 59.6 Å². The molecule has 0 radical (unpaired) electrons. The van der Waals surface area contributed by atoms with Crippen LogP contribution < -0.4 is 4.74 Å². The van der Waals surface area contributed by atoms with E-state index in [1.54, 1.807) is 37.6 Å². The Hall–Kier alpha value is -2.85. The lowest BCUT2D eigenvalue weighted by molar-refractivity contribution is -0.140. The highest BCUT2D eigenvalue weighted by Crippen LogP contribution is 2.38. The van der Waals surface area contributed by atoms with Crippen LogP contribution in [-0.2, 0) is 11.0 Å². The molecule has 0 bridgehead atoms. The number of carboxylic acids is 1. The smallest absolute Gasteiger partial charge is 0.417 e. The standard InChI is InChI=1S/C30H34F4N2O3S/c1-39-22-8-10-27-24(18-22)23(12-14-35-27)26(31)9-6-20-13-15-36(19-21(20)7-11-29(37)38)16-17-40-28-5-3-2-4-25(28)30(32,33)34/h2-5,8,10,12,14,18,20-21,26H,6-7,9,11,13,15-17,19H2,1H3,(H,37,38)/t20?,21?,26-/m0/s1. The first kappa shape index (κ1) is 30.1. The number of ether oxygens (including phenoxy) is 1. The van der Waals surface area contributed by atoms with Crippen LogP contribution in [0.5, 0.6) is 5.75 Å². The molecule has 2 heterocycles. The summed E-state index contributed by atoms with van der Waals surface area (Å²) in [6.07, 6.45) is -1.71. The highest BCUT2D eigenvalue weighted by molar-refractivity contribution is 7.99. The van der Waals surface area contributed by atoms with E-state index in [0.717, 1.165) is 24.4 Å². The average Bonchev–Trinajstić information content (AvgIpc) is 2.94. The molecule has 0 spiro atoms. The molecule has 2 unspecified atom stereocenters. The summed E-state index contributed by atoms with van der Waals surface area (Å²) < 4.78 is 60.8. The van der Waals surface area contributed by atoms with Crippen LogP contribution in [0.4, 0.5) is 17.6 Å². The molecule has 1 N–H and O–H groups in total. The van der Waals surface area contributed by atoms with E-state index in [1.165, 1.54) is 23.9 Å². The second kappa shape index (κ2) is 13.7. The Labute approximate surface area is 235 Å². The number of piperidine rings is 1. The van der Waals surface area contributed by atoms with E-state index in [0.29, 0.717) is 54.9 Å². The van der Waals surface area contributed by atoms with Gasteiger partial charge >= 0.3 is 12.1 Å². The quantitative estimate of drug-likeness (QED) is 0.176. The first-order valence-corrected chi connectivity index (χ1v) is 14.4. The number of methoxy groups -OCH3 is 1. The fourth-order valence-electron chi connectivity index (χ4n) is 5.55. The lowest BCUT2D eigenvalue weighted by Crippen LogP contribution is -2.41. The van der Waals surface area contributed by atoms with Gasteiger partial charge in [0.05, 0.1) is 18.2 Å². The predicted molar refractivity (Wildman–Crippen MR) is 148 cm³/mol. The molecule has 4 rings (SSSR count). The monoisotopic (exact) mass is 578 g/mol. The van der Waals surface area contributed by atoms with Gasteiger partial charge in [-0.1, -0.05) is 12.1 Å². The number of aromatic nitrogens is 1. The molecular weight excluding hydrogens is 544 g/mol. The summed E-state index contributed by atoms with van der Waals surface area (Å²) in [6.45, 7) is 2.01. The van der Waals surface area contributed by atoms with Crippen molar-refractivity contribution >= 4 is 28.6 Å². The minimum atomic E-state index is -4.40. The molecule has 1 aromatic heterocycles. The molecule has 1 aliphatic heterocycles. The number of likely N-dealkylation sites (tertiary alicyclic amines) is 1. The second-order valence-electron chi connectivity index (χ2n) is 10.2. The molecule has 2 aromatic carbocycles. The first-order chi connectivity index (χ1) is 19.2. The number of alkyl halides is 4. The van der Waals surface area contributed by atoms with E-state index >= 15 is 4.39 Å². The van der Waals surface area contributed by atoms with Gasteiger partial charge in [-0.15, -0.1) is 11.8 Å². The molecule has 10 heteroatoms. The van der Waals surface area contributed by atoms with Crippen LogP contribution >= 0.6 is 11.8 Å². The summed E-state index contributed by atoms with van der Waals surface area (Å²) in [4.78, 5) is 18.1. The van der Waals surface area contributed by atoms with Crippen molar-refractivity contribution in [2.45, 2.75) is 49.3 Å². The lowest BCUT2D eigenvalue weighted by atomic mass is 9.79. The molecule has 0 saturated carbocycles. The van der Waals surface area contributed by atoms with Gasteiger partial charge in [-0.05, 0) is 86.0 Å². The highest BCUT2D eigenvalue weighted by atomic mass is 32.2. The van der Waals surface area contributed by atoms with Gasteiger partial charge in [-0.2, -0.15) is 13.2 Å². The third kappa shape index (κ3) is 7.87. The molecule has 3 atom stereocenters. The number of fused-ring (bicyclic) bond motifs is 1. The van der Waals surface area contributed by atoms with E-state index in [9.17, 15) is 23.1 Å². The van der Waals surface area contributed by atoms with Crippen LogP contribution in [0, 0.1) is 11.8 Å². The van der Waals surface area contributed by atoms with Crippen molar-refractivity contribution in [2.75, 3.05) is 32.5 Å². The van der Waals surface area contributed by atoms with Crippen LogP contribution in [0.3, 0.4) is 0 Å². The van der Waals surface area contributed by atoms with E-state index in [4.69, 9.17) is 4.74 Å². The van der Waals surface area contributed by atoms with Crippen molar-refractivity contribution < 1.29 is 32.2 Å². The van der Waals surface area contributed by atoms with Gasteiger partial charge in [-0.3, -0.25) is 9.78 Å². The second-order valence-corrected chi connectivity index (χ2v) is 11.3. The normalized spacial score (nSPS) is 19.0. The molecule has 1 fully saturated rings. The Morgan fingerprint density at radius 1 is 1.18 bits per heavy atom. The van der Waals surface area contributed by atoms with Crippen molar-refractivity contribution in [1.29, 1.82) is 0 Å². The van der Waals surface area contributed by atoms with Gasteiger partial charge in [0.2, 0.25) is 0 Å². The number of hydrogen-bond donors (Lipinski definition) is 1. The summed E-state index contributed by atoms with van der Waals surface area (Å²) >= 11 is 1.18. The number of benzene rings is 2. The molecule has 1 aliphatic rings. The number of thioether (sulfide) groups is 1. The fourth-order valence-corrected chi connectivity index (χ4v) is 6.63. The minimum absolute atomic E-state index is 0.0382. The molecule has 5 nitrogen and oxygen atoms in total. The zero-order valence-electron chi connectivity index (χ0n) is 22.4. The summed E-state index contributed by atoms with van der Waals surface area (Å²) in [5, 5.41) is 10.00. The topological polar surface area (TPSA) is 62.7 Å². The van der Waals surface area contributed by atoms with Crippen LogP contribution in [0.2, 0.25) is 0 Å². The summed E-state index contributed by atoms with van der Waals surface area (Å²) in [6, 6.07) is 12.7. The van der Waals surface area contributed by atoms with Gasteiger partial charge in [0.15, 0.2) is 0 Å². The first-order valence-electron chi connectivity index (χ1n) is 13.5. The molecule has 216 valence electrons. The van der Waals surface area contributed by atoms with E-state index < -0.39 is 23.9 Å². The Morgan fingerprint density at radius 3 is 2.73 bits per heavy atom. The van der Waals surface area contributed by atoms with Gasteiger partial charge in [0.1, 0.15) is 11.9 Å². The van der Waals surface area contributed by atoms with Gasteiger partial charge in [0, 0.05) is 41.7 Å². The van der Waals surface area contributed by atoms with Gasteiger partial charge < -0.3 is 14.7 Å². The fraction of sp³-hybridized carbons (Fsp3) is 0.467. The molecule has 1 saturated heterocycles. The number of nitrogens with zero attached hydrogens (tertiary/aromatic N) is 2. The number of rotatable bonds is 12. The Balaban J connectivity index is 1.36. The number of halogens is 4. The van der Waals surface area contributed by atoms with Gasteiger partial charge in [0.25, 0.3) is 0 Å². The van der Waals surface area contributed by atoms with Crippen molar-refractivity contribution in [1.82, 2.24) is 9.88 Å². The third-order valence-electron chi connectivity index (χ3n) is 7.67. The minimum Gasteiger partial charge on any atom is -0.497 e. The van der Waals surface area contributed by atoms with E-state index in [1.807, 2.05) is 6.07 Å². The zero-order valence-corrected chi connectivity index (χ0v) is 23.2. The molecule has 0 aliphatic carbocycles. The molecule has 0 amide bonds. The number of carboxylic acid groups (broad SMARTS) is 1.